The van der Waals surface area contributed by atoms with E-state index in [9.17, 15) is 28.1 Å². The van der Waals surface area contributed by atoms with Crippen molar-refractivity contribution in [3.8, 4) is 5.69 Å². The smallest absolute Gasteiger partial charge is 0.324 e. The van der Waals surface area contributed by atoms with E-state index in [0.717, 1.165) is 0 Å². The molecule has 0 aliphatic heterocycles. The summed E-state index contributed by atoms with van der Waals surface area (Å²) in [6.07, 6.45) is -2.03. The van der Waals surface area contributed by atoms with Crippen molar-refractivity contribution < 1.29 is 22.9 Å². The zero-order valence-corrected chi connectivity index (χ0v) is 12.8. The van der Waals surface area contributed by atoms with Crippen LogP contribution in [0.1, 0.15) is 10.5 Å². The van der Waals surface area contributed by atoms with Gasteiger partial charge in [-0.05, 0) is 12.1 Å². The van der Waals surface area contributed by atoms with Crippen LogP contribution in [-0.4, -0.2) is 44.8 Å². The predicted molar refractivity (Wildman–Crippen MR) is 82.4 cm³/mol. The maximum absolute atomic E-state index is 12.6. The van der Waals surface area contributed by atoms with Crippen LogP contribution < -0.4 is 0 Å². The molecule has 7 nitrogen and oxygen atoms in total. The fourth-order valence-corrected chi connectivity index (χ4v) is 2.08. The molecule has 0 N–H and O–H groups in total. The third-order valence-corrected chi connectivity index (χ3v) is 3.12. The van der Waals surface area contributed by atoms with Gasteiger partial charge in [-0.3, -0.25) is 14.9 Å². The number of aromatic nitrogens is 2. The van der Waals surface area contributed by atoms with E-state index in [2.05, 4.69) is 11.7 Å². The Kier molecular flexibility index (Phi) is 5.20. The highest BCUT2D eigenvalue weighted by Gasteiger charge is 2.33. The summed E-state index contributed by atoms with van der Waals surface area (Å²) in [5, 5.41) is 14.7. The number of hydrogen-bond acceptors (Lipinski definition) is 4. The second-order valence-electron chi connectivity index (χ2n) is 5.01. The zero-order chi connectivity index (χ0) is 18.6. The Morgan fingerprint density at radius 3 is 2.72 bits per heavy atom. The SMILES string of the molecule is C=CCN(CC(F)(F)F)C(=O)c1ccn(-c2cccc([N+](=O)[O-])c2)n1. The van der Waals surface area contributed by atoms with Gasteiger partial charge in [-0.1, -0.05) is 12.1 Å². The number of benzene rings is 1. The predicted octanol–water partition coefficient (Wildman–Crippen LogP) is 2.97. The summed E-state index contributed by atoms with van der Waals surface area (Å²) in [6, 6.07) is 6.72. The second kappa shape index (κ2) is 7.16. The van der Waals surface area contributed by atoms with Crippen molar-refractivity contribution in [3.05, 3.63) is 65.0 Å². The minimum atomic E-state index is -4.55. The van der Waals surface area contributed by atoms with Gasteiger partial charge in [-0.15, -0.1) is 6.58 Å². The van der Waals surface area contributed by atoms with Crippen LogP contribution in [0.5, 0.6) is 0 Å². The van der Waals surface area contributed by atoms with Gasteiger partial charge in [-0.2, -0.15) is 18.3 Å². The summed E-state index contributed by atoms with van der Waals surface area (Å²) in [7, 11) is 0. The Hall–Kier alpha value is -3.17. The van der Waals surface area contributed by atoms with Gasteiger partial charge in [0.15, 0.2) is 5.69 Å². The first-order chi connectivity index (χ1) is 11.7. The third-order valence-electron chi connectivity index (χ3n) is 3.12. The minimum Gasteiger partial charge on any atom is -0.324 e. The second-order valence-corrected chi connectivity index (χ2v) is 5.01. The molecule has 0 aliphatic rings. The van der Waals surface area contributed by atoms with Gasteiger partial charge in [0.25, 0.3) is 11.6 Å². The van der Waals surface area contributed by atoms with E-state index in [-0.39, 0.29) is 17.9 Å². The lowest BCUT2D eigenvalue weighted by Crippen LogP contribution is -2.39. The molecule has 1 aromatic carbocycles. The molecule has 1 amide bonds. The van der Waals surface area contributed by atoms with Gasteiger partial charge < -0.3 is 4.90 Å². The highest BCUT2D eigenvalue weighted by Crippen LogP contribution is 2.19. The Labute approximate surface area is 140 Å². The summed E-state index contributed by atoms with van der Waals surface area (Å²) >= 11 is 0. The largest absolute Gasteiger partial charge is 0.406 e. The molecule has 0 atom stereocenters. The monoisotopic (exact) mass is 354 g/mol. The van der Waals surface area contributed by atoms with Gasteiger partial charge in [0.05, 0.1) is 10.6 Å². The lowest BCUT2D eigenvalue weighted by atomic mass is 10.3. The van der Waals surface area contributed by atoms with Gasteiger partial charge in [-0.25, -0.2) is 4.68 Å². The molecule has 2 rings (SSSR count). The van der Waals surface area contributed by atoms with Crippen LogP contribution in [0.4, 0.5) is 18.9 Å². The molecule has 0 spiro atoms. The van der Waals surface area contributed by atoms with E-state index in [0.29, 0.717) is 10.6 Å². The summed E-state index contributed by atoms with van der Waals surface area (Å²) < 4.78 is 38.9. The zero-order valence-electron chi connectivity index (χ0n) is 12.8. The number of hydrogen-bond donors (Lipinski definition) is 0. The molecule has 10 heteroatoms. The van der Waals surface area contributed by atoms with Crippen LogP contribution in [0.3, 0.4) is 0 Å². The van der Waals surface area contributed by atoms with Crippen LogP contribution in [0, 0.1) is 10.1 Å². The fourth-order valence-electron chi connectivity index (χ4n) is 2.08. The van der Waals surface area contributed by atoms with Crippen LogP contribution in [0.15, 0.2) is 49.2 Å². The first-order valence-electron chi connectivity index (χ1n) is 6.98. The summed E-state index contributed by atoms with van der Waals surface area (Å²) in [4.78, 5) is 23.0. The molecule has 1 heterocycles. The molecule has 0 fully saturated rings. The number of carbonyl (C=O) groups excluding carboxylic acids is 1. The third kappa shape index (κ3) is 4.66. The van der Waals surface area contributed by atoms with E-state index in [1.54, 1.807) is 0 Å². The molecule has 132 valence electrons. The average Bonchev–Trinajstić information content (AvgIpc) is 3.02. The number of rotatable bonds is 6. The highest BCUT2D eigenvalue weighted by molar-refractivity contribution is 5.92. The summed E-state index contributed by atoms with van der Waals surface area (Å²) in [6.45, 7) is 1.62. The highest BCUT2D eigenvalue weighted by atomic mass is 19.4. The molecular weight excluding hydrogens is 341 g/mol. The molecule has 0 saturated carbocycles. The number of halogens is 3. The van der Waals surface area contributed by atoms with Crippen LogP contribution in [-0.2, 0) is 0 Å². The van der Waals surface area contributed by atoms with Crippen molar-refractivity contribution in [2.45, 2.75) is 6.18 Å². The minimum absolute atomic E-state index is 0.175. The van der Waals surface area contributed by atoms with Crippen molar-refractivity contribution in [1.82, 2.24) is 14.7 Å². The molecule has 0 aliphatic carbocycles. The summed E-state index contributed by atoms with van der Waals surface area (Å²) in [5.74, 6) is -0.915. The van der Waals surface area contributed by atoms with Crippen LogP contribution in [0.2, 0.25) is 0 Å². The fraction of sp³-hybridized carbons (Fsp3) is 0.200. The molecule has 0 radical (unpaired) electrons. The number of alkyl halides is 3. The number of nitro groups is 1. The maximum atomic E-state index is 12.6. The Bertz CT molecular complexity index is 801. The molecular formula is C15H13F3N4O3. The topological polar surface area (TPSA) is 81.3 Å². The van der Waals surface area contributed by atoms with E-state index in [4.69, 9.17) is 0 Å². The Morgan fingerprint density at radius 2 is 2.12 bits per heavy atom. The summed E-state index contributed by atoms with van der Waals surface area (Å²) in [5.41, 5.74) is -0.0804. The standard InChI is InChI=1S/C15H13F3N4O3/c1-2-7-20(10-15(16,17)18)14(23)13-6-8-21(19-13)11-4-3-5-12(9-11)22(24)25/h2-6,8-9H,1,7,10H2. The van der Waals surface area contributed by atoms with E-state index < -0.39 is 23.6 Å². The van der Waals surface area contributed by atoms with Crippen molar-refractivity contribution in [2.75, 3.05) is 13.1 Å². The number of nitro benzene ring substituents is 1. The quantitative estimate of drug-likeness (QED) is 0.454. The molecule has 0 bridgehead atoms. The van der Waals surface area contributed by atoms with E-state index in [1.165, 1.54) is 47.3 Å². The number of carbonyl (C=O) groups is 1. The van der Waals surface area contributed by atoms with Gasteiger partial charge in [0.1, 0.15) is 6.54 Å². The van der Waals surface area contributed by atoms with Gasteiger partial charge in [0, 0.05) is 24.9 Å². The molecule has 25 heavy (non-hydrogen) atoms. The first kappa shape index (κ1) is 18.2. The van der Waals surface area contributed by atoms with E-state index >= 15 is 0 Å². The number of non-ortho nitro benzene ring substituents is 1. The first-order valence-corrected chi connectivity index (χ1v) is 6.98. The lowest BCUT2D eigenvalue weighted by molar-refractivity contribution is -0.384. The van der Waals surface area contributed by atoms with Crippen molar-refractivity contribution in [1.29, 1.82) is 0 Å². The Balaban J connectivity index is 2.27. The molecule has 0 unspecified atom stereocenters. The van der Waals surface area contributed by atoms with Crippen molar-refractivity contribution in [2.24, 2.45) is 0 Å². The van der Waals surface area contributed by atoms with Crippen LogP contribution in [0.25, 0.3) is 5.69 Å². The van der Waals surface area contributed by atoms with Crippen molar-refractivity contribution >= 4 is 11.6 Å². The Morgan fingerprint density at radius 1 is 1.40 bits per heavy atom. The number of nitrogens with zero attached hydrogens (tertiary/aromatic N) is 4. The van der Waals surface area contributed by atoms with Crippen molar-refractivity contribution in [3.63, 3.8) is 0 Å². The molecule has 0 saturated heterocycles. The van der Waals surface area contributed by atoms with Crippen LogP contribution >= 0.6 is 0 Å². The van der Waals surface area contributed by atoms with Gasteiger partial charge in [0.2, 0.25) is 0 Å². The average molecular weight is 354 g/mol. The lowest BCUT2D eigenvalue weighted by Gasteiger charge is -2.21. The normalized spacial score (nSPS) is 11.2. The molecule has 2 aromatic rings. The van der Waals surface area contributed by atoms with Gasteiger partial charge >= 0.3 is 6.18 Å². The molecule has 1 aromatic heterocycles. The number of amides is 1. The maximum Gasteiger partial charge on any atom is 0.406 e. The van der Waals surface area contributed by atoms with E-state index in [1.807, 2.05) is 0 Å².